The van der Waals surface area contributed by atoms with Crippen LogP contribution in [0.5, 0.6) is 5.88 Å². The average Bonchev–Trinajstić information content (AvgIpc) is 2.53. The van der Waals surface area contributed by atoms with Crippen LogP contribution in [0.25, 0.3) is 11.1 Å². The Morgan fingerprint density at radius 3 is 2.78 bits per heavy atom. The van der Waals surface area contributed by atoms with E-state index in [4.69, 9.17) is 4.74 Å². The monoisotopic (exact) mass is 319 g/mol. The standard InChI is InChI=1S/C17H15F2NO3/c1-9(22)16-7-14(12-4-2-10(18)6-15(12)19)13-5-3-11(8-21)23-17(13)20-16/h2,4,6-7,11,21H,3,5,8H2,1H3/t11-/m1/s1. The van der Waals surface area contributed by atoms with E-state index in [1.54, 1.807) is 0 Å². The molecule has 1 aliphatic rings. The minimum atomic E-state index is -0.711. The number of carbonyl (C=O) groups excluding carboxylic acids is 1. The van der Waals surface area contributed by atoms with Gasteiger partial charge in [0.15, 0.2) is 5.78 Å². The predicted molar refractivity (Wildman–Crippen MR) is 79.4 cm³/mol. The van der Waals surface area contributed by atoms with Crippen LogP contribution in [0.1, 0.15) is 29.4 Å². The molecule has 0 bridgehead atoms. The summed E-state index contributed by atoms with van der Waals surface area (Å²) in [5, 5.41) is 9.23. The normalized spacial score (nSPS) is 16.6. The van der Waals surface area contributed by atoms with Crippen LogP contribution < -0.4 is 4.74 Å². The van der Waals surface area contributed by atoms with Crippen molar-refractivity contribution in [1.29, 1.82) is 0 Å². The van der Waals surface area contributed by atoms with Gasteiger partial charge in [-0.25, -0.2) is 13.8 Å². The number of hydrogen-bond donors (Lipinski definition) is 1. The van der Waals surface area contributed by atoms with Gasteiger partial charge in [0.05, 0.1) is 6.61 Å². The summed E-state index contributed by atoms with van der Waals surface area (Å²) in [4.78, 5) is 15.8. The second-order valence-electron chi connectivity index (χ2n) is 5.48. The Balaban J connectivity index is 2.19. The van der Waals surface area contributed by atoms with Crippen molar-refractivity contribution < 1.29 is 23.4 Å². The number of pyridine rings is 1. The molecule has 2 aromatic rings. The summed E-state index contributed by atoms with van der Waals surface area (Å²) in [5.41, 5.74) is 1.46. The van der Waals surface area contributed by atoms with Crippen molar-refractivity contribution in [1.82, 2.24) is 4.98 Å². The van der Waals surface area contributed by atoms with Crippen molar-refractivity contribution in [3.63, 3.8) is 0 Å². The third kappa shape index (κ3) is 2.94. The van der Waals surface area contributed by atoms with Crippen molar-refractivity contribution in [2.45, 2.75) is 25.9 Å². The summed E-state index contributed by atoms with van der Waals surface area (Å²) in [6.07, 6.45) is 0.682. The second kappa shape index (κ2) is 6.04. The molecule has 0 amide bonds. The molecule has 2 heterocycles. The topological polar surface area (TPSA) is 59.4 Å². The maximum atomic E-state index is 14.2. The molecule has 3 rings (SSSR count). The molecule has 1 aromatic heterocycles. The number of nitrogens with zero attached hydrogens (tertiary/aromatic N) is 1. The molecule has 1 aliphatic heterocycles. The lowest BCUT2D eigenvalue weighted by Gasteiger charge is -2.26. The van der Waals surface area contributed by atoms with Gasteiger partial charge in [0.1, 0.15) is 23.4 Å². The Labute approximate surface area is 131 Å². The molecule has 0 unspecified atom stereocenters. The van der Waals surface area contributed by atoms with Gasteiger partial charge in [0, 0.05) is 24.1 Å². The second-order valence-corrected chi connectivity index (χ2v) is 5.48. The van der Waals surface area contributed by atoms with Crippen LogP contribution in [0, 0.1) is 11.6 Å². The van der Waals surface area contributed by atoms with Crippen LogP contribution in [-0.4, -0.2) is 28.6 Å². The quantitative estimate of drug-likeness (QED) is 0.884. The van der Waals surface area contributed by atoms with Gasteiger partial charge < -0.3 is 9.84 Å². The number of benzene rings is 1. The van der Waals surface area contributed by atoms with Gasteiger partial charge >= 0.3 is 0 Å². The highest BCUT2D eigenvalue weighted by molar-refractivity contribution is 5.94. The molecule has 0 spiro atoms. The van der Waals surface area contributed by atoms with Crippen molar-refractivity contribution in [2.75, 3.05) is 6.61 Å². The summed E-state index contributed by atoms with van der Waals surface area (Å²) in [5.74, 6) is -1.44. The van der Waals surface area contributed by atoms with E-state index in [0.717, 1.165) is 6.07 Å². The number of ether oxygens (including phenoxy) is 1. The molecule has 0 radical (unpaired) electrons. The van der Waals surface area contributed by atoms with Crippen molar-refractivity contribution in [3.05, 3.63) is 47.2 Å². The minimum Gasteiger partial charge on any atom is -0.472 e. The molecular formula is C17H15F2NO3. The molecule has 1 N–H and O–H groups in total. The lowest BCUT2D eigenvalue weighted by molar-refractivity contribution is 0.0915. The first-order chi connectivity index (χ1) is 11.0. The number of aromatic nitrogens is 1. The highest BCUT2D eigenvalue weighted by Gasteiger charge is 2.26. The van der Waals surface area contributed by atoms with Crippen molar-refractivity contribution in [3.8, 4) is 17.0 Å². The van der Waals surface area contributed by atoms with Crippen molar-refractivity contribution in [2.24, 2.45) is 0 Å². The minimum absolute atomic E-state index is 0.140. The van der Waals surface area contributed by atoms with E-state index < -0.39 is 17.7 Å². The zero-order chi connectivity index (χ0) is 16.6. The van der Waals surface area contributed by atoms with E-state index in [1.165, 1.54) is 25.1 Å². The molecule has 4 nitrogen and oxygen atoms in total. The zero-order valence-electron chi connectivity index (χ0n) is 12.5. The molecule has 1 atom stereocenters. The van der Waals surface area contributed by atoms with E-state index in [1.807, 2.05) is 0 Å². The van der Waals surface area contributed by atoms with E-state index in [-0.39, 0.29) is 29.5 Å². The molecule has 23 heavy (non-hydrogen) atoms. The fourth-order valence-corrected chi connectivity index (χ4v) is 2.67. The number of aliphatic hydroxyl groups is 1. The number of fused-ring (bicyclic) bond motifs is 1. The molecule has 0 fully saturated rings. The van der Waals surface area contributed by atoms with Gasteiger partial charge in [0.25, 0.3) is 0 Å². The molecule has 0 saturated heterocycles. The largest absolute Gasteiger partial charge is 0.472 e. The number of halogens is 2. The number of carbonyl (C=O) groups is 1. The van der Waals surface area contributed by atoms with Gasteiger partial charge in [-0.05, 0) is 36.6 Å². The van der Waals surface area contributed by atoms with E-state index >= 15 is 0 Å². The first-order valence-electron chi connectivity index (χ1n) is 7.27. The first-order valence-corrected chi connectivity index (χ1v) is 7.27. The van der Waals surface area contributed by atoms with E-state index in [0.29, 0.717) is 24.0 Å². The lowest BCUT2D eigenvalue weighted by atomic mass is 9.93. The number of aliphatic hydroxyl groups excluding tert-OH is 1. The van der Waals surface area contributed by atoms with Crippen molar-refractivity contribution >= 4 is 5.78 Å². The summed E-state index contributed by atoms with van der Waals surface area (Å²) in [6, 6.07) is 4.80. The van der Waals surface area contributed by atoms with Crippen LogP contribution in [0.15, 0.2) is 24.3 Å². The number of ketones is 1. The fourth-order valence-electron chi connectivity index (χ4n) is 2.67. The number of hydrogen-bond acceptors (Lipinski definition) is 4. The van der Waals surface area contributed by atoms with Gasteiger partial charge in [0.2, 0.25) is 5.88 Å². The first kappa shape index (κ1) is 15.6. The van der Waals surface area contributed by atoms with Crippen LogP contribution in [0.4, 0.5) is 8.78 Å². The van der Waals surface area contributed by atoms with Gasteiger partial charge in [-0.1, -0.05) is 0 Å². The highest BCUT2D eigenvalue weighted by Crippen LogP contribution is 2.36. The summed E-state index contributed by atoms with van der Waals surface area (Å²) in [6.45, 7) is 1.19. The Morgan fingerprint density at radius 1 is 1.35 bits per heavy atom. The Morgan fingerprint density at radius 2 is 2.13 bits per heavy atom. The van der Waals surface area contributed by atoms with Crippen LogP contribution in [0.3, 0.4) is 0 Å². The highest BCUT2D eigenvalue weighted by atomic mass is 19.1. The smallest absolute Gasteiger partial charge is 0.218 e. The molecule has 1 aromatic carbocycles. The third-order valence-electron chi connectivity index (χ3n) is 3.87. The molecule has 0 saturated carbocycles. The third-order valence-corrected chi connectivity index (χ3v) is 3.87. The molecule has 6 heteroatoms. The van der Waals surface area contributed by atoms with Crippen LogP contribution >= 0.6 is 0 Å². The van der Waals surface area contributed by atoms with Crippen LogP contribution in [-0.2, 0) is 6.42 Å². The summed E-state index contributed by atoms with van der Waals surface area (Å²) >= 11 is 0. The van der Waals surface area contributed by atoms with Gasteiger partial charge in [-0.15, -0.1) is 0 Å². The Bertz CT molecular complexity index is 777. The number of rotatable bonds is 3. The molecule has 0 aliphatic carbocycles. The van der Waals surface area contributed by atoms with E-state index in [2.05, 4.69) is 4.98 Å². The lowest BCUT2D eigenvalue weighted by Crippen LogP contribution is -2.27. The van der Waals surface area contributed by atoms with E-state index in [9.17, 15) is 18.7 Å². The fraction of sp³-hybridized carbons (Fsp3) is 0.294. The summed E-state index contributed by atoms with van der Waals surface area (Å²) in [7, 11) is 0. The average molecular weight is 319 g/mol. The molecule has 120 valence electrons. The zero-order valence-corrected chi connectivity index (χ0v) is 12.5. The Kier molecular flexibility index (Phi) is 4.09. The maximum Gasteiger partial charge on any atom is 0.218 e. The Hall–Kier alpha value is -2.34. The van der Waals surface area contributed by atoms with Crippen LogP contribution in [0.2, 0.25) is 0 Å². The number of Topliss-reactive ketones (excluding diaryl/α,β-unsaturated/α-hetero) is 1. The van der Waals surface area contributed by atoms with Gasteiger partial charge in [-0.2, -0.15) is 0 Å². The predicted octanol–water partition coefficient (Wildman–Crippen LogP) is 2.92. The maximum absolute atomic E-state index is 14.2. The summed E-state index contributed by atoms with van der Waals surface area (Å²) < 4.78 is 32.9. The SMILES string of the molecule is CC(=O)c1cc(-c2ccc(F)cc2F)c2c(n1)O[C@@H](CO)CC2. The molecular weight excluding hydrogens is 304 g/mol. The van der Waals surface area contributed by atoms with Gasteiger partial charge in [-0.3, -0.25) is 4.79 Å².